The lowest BCUT2D eigenvalue weighted by atomic mass is 10.1. The number of hydrogen-bond acceptors (Lipinski definition) is 7. The number of hydrogen-bond donors (Lipinski definition) is 2. The molecule has 2 N–H and O–H groups in total. The van der Waals surface area contributed by atoms with Gasteiger partial charge in [0, 0.05) is 25.4 Å². The normalized spacial score (nSPS) is 11.0. The van der Waals surface area contributed by atoms with E-state index in [2.05, 4.69) is 15.6 Å². The van der Waals surface area contributed by atoms with Gasteiger partial charge in [-0.2, -0.15) is 13.2 Å². The minimum Gasteiger partial charge on any atom is -0.493 e. The van der Waals surface area contributed by atoms with Crippen LogP contribution in [0.1, 0.15) is 22.8 Å². The van der Waals surface area contributed by atoms with Crippen LogP contribution in [-0.4, -0.2) is 42.6 Å². The molecule has 0 bridgehead atoms. The maximum atomic E-state index is 12.5. The fourth-order valence-electron chi connectivity index (χ4n) is 2.44. The van der Waals surface area contributed by atoms with Crippen molar-refractivity contribution < 1.29 is 32.4 Å². The third-order valence-corrected chi connectivity index (χ3v) is 3.83. The Bertz CT molecular complexity index is 904. The first-order valence-corrected chi connectivity index (χ1v) is 8.72. The highest BCUT2D eigenvalue weighted by Crippen LogP contribution is 2.34. The minimum atomic E-state index is -4.48. The van der Waals surface area contributed by atoms with Gasteiger partial charge in [-0.25, -0.2) is 4.98 Å². The second kappa shape index (κ2) is 9.76. The van der Waals surface area contributed by atoms with Gasteiger partial charge in [0.15, 0.2) is 11.5 Å². The van der Waals surface area contributed by atoms with Gasteiger partial charge in [0.2, 0.25) is 0 Å². The lowest BCUT2D eigenvalue weighted by molar-refractivity contribution is -0.385. The molecule has 0 radical (unpaired) electrons. The van der Waals surface area contributed by atoms with Crippen molar-refractivity contribution in [2.24, 2.45) is 0 Å². The topological polar surface area (TPSA) is 116 Å². The Balaban J connectivity index is 2.02. The highest BCUT2D eigenvalue weighted by Gasteiger charge is 2.30. The molecule has 1 aromatic heterocycles. The van der Waals surface area contributed by atoms with E-state index in [4.69, 9.17) is 9.47 Å². The molecule has 1 heterocycles. The number of rotatable bonds is 9. The first-order valence-electron chi connectivity index (χ1n) is 8.72. The summed E-state index contributed by atoms with van der Waals surface area (Å²) in [5.41, 5.74) is -1.54. The van der Waals surface area contributed by atoms with Gasteiger partial charge in [-0.1, -0.05) is 0 Å². The number of halogens is 3. The smallest absolute Gasteiger partial charge is 0.417 e. The van der Waals surface area contributed by atoms with Crippen LogP contribution in [0.3, 0.4) is 0 Å². The molecule has 2 rings (SSSR count). The molecule has 0 aliphatic heterocycles. The standard InChI is InChI=1S/C18H19F3N4O5/c1-3-30-15-8-12(13(25(27)28)9-14(15)29-2)17(26)23-7-6-22-16-5-4-11(10-24-16)18(19,20)21/h4-5,8-10H,3,6-7H2,1-2H3,(H,22,24)(H,23,26). The first kappa shape index (κ1) is 22.7. The molecular weight excluding hydrogens is 409 g/mol. The van der Waals surface area contributed by atoms with E-state index >= 15 is 0 Å². The molecule has 9 nitrogen and oxygen atoms in total. The van der Waals surface area contributed by atoms with E-state index in [1.165, 1.54) is 13.2 Å². The molecule has 2 aromatic rings. The number of nitro benzene ring substituents is 1. The average molecular weight is 428 g/mol. The highest BCUT2D eigenvalue weighted by atomic mass is 19.4. The number of methoxy groups -OCH3 is 1. The van der Waals surface area contributed by atoms with Gasteiger partial charge in [-0.05, 0) is 19.1 Å². The number of carbonyl (C=O) groups excluding carboxylic acids is 1. The second-order valence-corrected chi connectivity index (χ2v) is 5.82. The highest BCUT2D eigenvalue weighted by molar-refractivity contribution is 5.99. The number of pyridine rings is 1. The molecule has 12 heteroatoms. The monoisotopic (exact) mass is 428 g/mol. The zero-order chi connectivity index (χ0) is 22.3. The number of carbonyl (C=O) groups is 1. The number of aromatic nitrogens is 1. The van der Waals surface area contributed by atoms with E-state index in [0.29, 0.717) is 6.20 Å². The van der Waals surface area contributed by atoms with Crippen LogP contribution >= 0.6 is 0 Å². The third-order valence-electron chi connectivity index (χ3n) is 3.83. The summed E-state index contributed by atoms with van der Waals surface area (Å²) in [6.07, 6.45) is -3.79. The number of benzene rings is 1. The van der Waals surface area contributed by atoms with Crippen molar-refractivity contribution in [1.82, 2.24) is 10.3 Å². The van der Waals surface area contributed by atoms with Crippen molar-refractivity contribution in [2.75, 3.05) is 32.1 Å². The number of ether oxygens (including phenoxy) is 2. The summed E-state index contributed by atoms with van der Waals surface area (Å²) in [4.78, 5) is 26.7. The quantitative estimate of drug-likeness (QED) is 0.358. The number of nitrogens with one attached hydrogen (secondary N) is 2. The van der Waals surface area contributed by atoms with E-state index in [1.54, 1.807) is 6.92 Å². The molecule has 0 unspecified atom stereocenters. The van der Waals surface area contributed by atoms with Crippen LogP contribution in [0.5, 0.6) is 11.5 Å². The van der Waals surface area contributed by atoms with Crippen molar-refractivity contribution in [1.29, 1.82) is 0 Å². The van der Waals surface area contributed by atoms with Crippen LogP contribution in [-0.2, 0) is 6.18 Å². The Kier molecular flexibility index (Phi) is 7.39. The lowest BCUT2D eigenvalue weighted by Crippen LogP contribution is -2.29. The summed E-state index contributed by atoms with van der Waals surface area (Å²) in [5.74, 6) is -0.225. The van der Waals surface area contributed by atoms with E-state index in [9.17, 15) is 28.1 Å². The van der Waals surface area contributed by atoms with Crippen molar-refractivity contribution in [3.8, 4) is 11.5 Å². The molecule has 0 atom stereocenters. The number of amides is 1. The van der Waals surface area contributed by atoms with Crippen molar-refractivity contribution in [3.05, 3.63) is 51.7 Å². The summed E-state index contributed by atoms with van der Waals surface area (Å²) < 4.78 is 47.9. The van der Waals surface area contributed by atoms with Crippen molar-refractivity contribution in [3.63, 3.8) is 0 Å². The fraction of sp³-hybridized carbons (Fsp3) is 0.333. The molecule has 30 heavy (non-hydrogen) atoms. The fourth-order valence-corrected chi connectivity index (χ4v) is 2.44. The summed E-state index contributed by atoms with van der Waals surface area (Å²) in [7, 11) is 1.32. The molecule has 0 spiro atoms. The van der Waals surface area contributed by atoms with Gasteiger partial charge in [0.05, 0.1) is 30.3 Å². The Morgan fingerprint density at radius 2 is 1.97 bits per heavy atom. The Morgan fingerprint density at radius 3 is 2.50 bits per heavy atom. The van der Waals surface area contributed by atoms with Crippen LogP contribution in [0, 0.1) is 10.1 Å². The minimum absolute atomic E-state index is 0.0364. The first-order chi connectivity index (χ1) is 14.2. The molecule has 1 aromatic carbocycles. The molecule has 0 aliphatic rings. The van der Waals surface area contributed by atoms with E-state index in [-0.39, 0.29) is 42.6 Å². The SMILES string of the molecule is CCOc1cc(C(=O)NCCNc2ccc(C(F)(F)F)cn2)c([N+](=O)[O-])cc1OC. The Hall–Kier alpha value is -3.57. The average Bonchev–Trinajstić information content (AvgIpc) is 2.70. The maximum Gasteiger partial charge on any atom is 0.417 e. The predicted octanol–water partition coefficient (Wildman–Crippen LogP) is 3.26. The van der Waals surface area contributed by atoms with E-state index in [1.807, 2.05) is 0 Å². The number of alkyl halides is 3. The van der Waals surface area contributed by atoms with Crippen LogP contribution in [0.4, 0.5) is 24.7 Å². The van der Waals surface area contributed by atoms with Gasteiger partial charge < -0.3 is 20.1 Å². The van der Waals surface area contributed by atoms with Gasteiger partial charge in [0.1, 0.15) is 11.4 Å². The molecule has 0 aliphatic carbocycles. The number of nitrogens with zero attached hydrogens (tertiary/aromatic N) is 2. The molecule has 1 amide bonds. The second-order valence-electron chi connectivity index (χ2n) is 5.82. The van der Waals surface area contributed by atoms with E-state index in [0.717, 1.165) is 18.2 Å². The Labute approximate surface area is 169 Å². The summed E-state index contributed by atoms with van der Waals surface area (Å²) >= 11 is 0. The number of anilines is 1. The largest absolute Gasteiger partial charge is 0.493 e. The summed E-state index contributed by atoms with van der Waals surface area (Å²) in [5, 5.41) is 16.5. The van der Waals surface area contributed by atoms with Crippen molar-refractivity contribution >= 4 is 17.4 Å². The van der Waals surface area contributed by atoms with Gasteiger partial charge >= 0.3 is 6.18 Å². The van der Waals surface area contributed by atoms with Crippen LogP contribution in [0.15, 0.2) is 30.5 Å². The van der Waals surface area contributed by atoms with E-state index < -0.39 is 28.3 Å². The zero-order valence-corrected chi connectivity index (χ0v) is 16.1. The van der Waals surface area contributed by atoms with Crippen LogP contribution < -0.4 is 20.1 Å². The molecule has 162 valence electrons. The predicted molar refractivity (Wildman–Crippen MR) is 101 cm³/mol. The van der Waals surface area contributed by atoms with Crippen LogP contribution in [0.2, 0.25) is 0 Å². The lowest BCUT2D eigenvalue weighted by Gasteiger charge is -2.12. The summed E-state index contributed by atoms with van der Waals surface area (Å²) in [6, 6.07) is 4.36. The van der Waals surface area contributed by atoms with Crippen LogP contribution in [0.25, 0.3) is 0 Å². The van der Waals surface area contributed by atoms with Gasteiger partial charge in [0.25, 0.3) is 11.6 Å². The number of nitro groups is 1. The van der Waals surface area contributed by atoms with Gasteiger partial charge in [-0.3, -0.25) is 14.9 Å². The molecular formula is C18H19F3N4O5. The molecule has 0 fully saturated rings. The summed E-state index contributed by atoms with van der Waals surface area (Å²) in [6.45, 7) is 2.14. The Morgan fingerprint density at radius 1 is 1.23 bits per heavy atom. The van der Waals surface area contributed by atoms with Gasteiger partial charge in [-0.15, -0.1) is 0 Å². The molecule has 0 saturated carbocycles. The zero-order valence-electron chi connectivity index (χ0n) is 16.1. The van der Waals surface area contributed by atoms with Crippen molar-refractivity contribution in [2.45, 2.75) is 13.1 Å². The molecule has 0 saturated heterocycles. The maximum absolute atomic E-state index is 12.5. The third kappa shape index (κ3) is 5.72.